The third-order valence-electron chi connectivity index (χ3n) is 7.28. The highest BCUT2D eigenvalue weighted by Crippen LogP contribution is 2.38. The van der Waals surface area contributed by atoms with Crippen molar-refractivity contribution in [2.24, 2.45) is 17.8 Å². The van der Waals surface area contributed by atoms with Gasteiger partial charge in [0.2, 0.25) is 0 Å². The third-order valence-corrected chi connectivity index (χ3v) is 7.28. The van der Waals surface area contributed by atoms with Crippen LogP contribution < -0.4 is 0 Å². The van der Waals surface area contributed by atoms with Gasteiger partial charge in [-0.2, -0.15) is 0 Å². The number of hydrogen-bond donors (Lipinski definition) is 0. The van der Waals surface area contributed by atoms with Gasteiger partial charge in [-0.05, 0) is 73.8 Å². The molecule has 29 heavy (non-hydrogen) atoms. The zero-order valence-electron chi connectivity index (χ0n) is 18.2. The van der Waals surface area contributed by atoms with Gasteiger partial charge in [0.15, 0.2) is 11.6 Å². The van der Waals surface area contributed by atoms with Crippen LogP contribution in [0.15, 0.2) is 30.9 Å². The minimum Gasteiger partial charge on any atom is -0.203 e. The molecule has 0 N–H and O–H groups in total. The second-order valence-corrected chi connectivity index (χ2v) is 9.35. The van der Waals surface area contributed by atoms with Gasteiger partial charge >= 0.3 is 0 Å². The molecule has 1 unspecified atom stereocenters. The van der Waals surface area contributed by atoms with Gasteiger partial charge in [0.05, 0.1) is 0 Å². The number of hydrogen-bond acceptors (Lipinski definition) is 0. The topological polar surface area (TPSA) is 0 Å². The lowest BCUT2D eigenvalue weighted by atomic mass is 9.76. The van der Waals surface area contributed by atoms with E-state index in [0.717, 1.165) is 49.5 Å². The Labute approximate surface area is 176 Å². The smallest absolute Gasteiger partial charge is 0.166 e. The molecule has 1 fully saturated rings. The molecular formula is C27H38F2. The van der Waals surface area contributed by atoms with E-state index < -0.39 is 11.6 Å². The maximum absolute atomic E-state index is 14.5. The monoisotopic (exact) mass is 400 g/mol. The Morgan fingerprint density at radius 1 is 0.931 bits per heavy atom. The summed E-state index contributed by atoms with van der Waals surface area (Å²) < 4.78 is 28.8. The molecular weight excluding hydrogens is 362 g/mol. The van der Waals surface area contributed by atoms with Crippen LogP contribution in [0, 0.1) is 29.4 Å². The molecule has 1 aromatic carbocycles. The molecule has 0 bridgehead atoms. The largest absolute Gasteiger partial charge is 0.203 e. The van der Waals surface area contributed by atoms with Crippen LogP contribution in [0.3, 0.4) is 0 Å². The highest BCUT2D eigenvalue weighted by Gasteiger charge is 2.24. The summed E-state index contributed by atoms with van der Waals surface area (Å²) in [4.78, 5) is 0. The standard InChI is InChI=1S/C27H38F2/c1-3-5-7-20-8-10-21(11-9-20)12-13-22-14-16-23(17-15-22)25-19-18-24(6-4-2)26(28)27(25)29/h3,16,18-22H,1,4-15,17H2,2H3. The maximum Gasteiger partial charge on any atom is 0.166 e. The lowest BCUT2D eigenvalue weighted by Crippen LogP contribution is -2.16. The molecule has 160 valence electrons. The Hall–Kier alpha value is -1.44. The predicted octanol–water partition coefficient (Wildman–Crippen LogP) is 8.65. The average Bonchev–Trinajstić information content (AvgIpc) is 2.75. The number of halogens is 2. The van der Waals surface area contributed by atoms with Crippen LogP contribution in [-0.2, 0) is 6.42 Å². The Bertz CT molecular complexity index is 695. The first kappa shape index (κ1) is 22.2. The lowest BCUT2D eigenvalue weighted by molar-refractivity contribution is 0.239. The molecule has 1 atom stereocenters. The molecule has 0 radical (unpaired) electrons. The molecule has 0 aromatic heterocycles. The van der Waals surface area contributed by atoms with Crippen LogP contribution in [-0.4, -0.2) is 0 Å². The summed E-state index contributed by atoms with van der Waals surface area (Å²) in [5.41, 5.74) is 1.99. The van der Waals surface area contributed by atoms with Gasteiger partial charge in [0.25, 0.3) is 0 Å². The summed E-state index contributed by atoms with van der Waals surface area (Å²) in [6, 6.07) is 3.57. The maximum atomic E-state index is 14.5. The van der Waals surface area contributed by atoms with Crippen molar-refractivity contribution in [3.8, 4) is 0 Å². The summed E-state index contributed by atoms with van der Waals surface area (Å²) in [7, 11) is 0. The van der Waals surface area contributed by atoms with Crippen molar-refractivity contribution in [2.75, 3.05) is 0 Å². The molecule has 2 aliphatic carbocycles. The SMILES string of the molecule is C=CCCC1CCC(CCC2CC=C(c3ccc(CCC)c(F)c3F)CC2)CC1. The number of aryl methyl sites for hydroxylation is 1. The summed E-state index contributed by atoms with van der Waals surface area (Å²) in [6.07, 6.45) is 19.4. The Morgan fingerprint density at radius 3 is 2.24 bits per heavy atom. The number of benzene rings is 1. The van der Waals surface area contributed by atoms with Crippen LogP contribution >= 0.6 is 0 Å². The third kappa shape index (κ3) is 6.03. The molecule has 1 aromatic rings. The van der Waals surface area contributed by atoms with Crippen LogP contribution in [0.4, 0.5) is 8.78 Å². The van der Waals surface area contributed by atoms with Gasteiger partial charge < -0.3 is 0 Å². The molecule has 0 amide bonds. The molecule has 0 saturated heterocycles. The first-order valence-corrected chi connectivity index (χ1v) is 11.9. The number of allylic oxidation sites excluding steroid dienone is 3. The summed E-state index contributed by atoms with van der Waals surface area (Å²) in [5.74, 6) is 1.25. The Balaban J connectivity index is 1.47. The van der Waals surface area contributed by atoms with Crippen LogP contribution in [0.1, 0.15) is 95.1 Å². The van der Waals surface area contributed by atoms with E-state index in [0.29, 0.717) is 23.5 Å². The van der Waals surface area contributed by atoms with Crippen molar-refractivity contribution >= 4 is 5.57 Å². The first-order chi connectivity index (χ1) is 14.1. The van der Waals surface area contributed by atoms with Crippen molar-refractivity contribution in [1.82, 2.24) is 0 Å². The molecule has 2 heteroatoms. The molecule has 2 aliphatic rings. The van der Waals surface area contributed by atoms with Crippen molar-refractivity contribution in [3.63, 3.8) is 0 Å². The second kappa shape index (κ2) is 11.1. The second-order valence-electron chi connectivity index (χ2n) is 9.35. The molecule has 0 nitrogen and oxygen atoms in total. The van der Waals surface area contributed by atoms with Crippen LogP contribution in [0.25, 0.3) is 5.57 Å². The van der Waals surface area contributed by atoms with Gasteiger partial charge in [-0.25, -0.2) is 8.78 Å². The number of rotatable bonds is 9. The molecule has 0 heterocycles. The highest BCUT2D eigenvalue weighted by atomic mass is 19.2. The van der Waals surface area contributed by atoms with Gasteiger partial charge in [-0.1, -0.05) is 69.7 Å². The fourth-order valence-corrected chi connectivity index (χ4v) is 5.33. The van der Waals surface area contributed by atoms with Crippen LogP contribution in [0.5, 0.6) is 0 Å². The van der Waals surface area contributed by atoms with Crippen molar-refractivity contribution in [3.05, 3.63) is 53.6 Å². The van der Waals surface area contributed by atoms with Crippen molar-refractivity contribution in [2.45, 2.75) is 90.4 Å². The normalized spacial score (nSPS) is 24.9. The van der Waals surface area contributed by atoms with Crippen LogP contribution in [0.2, 0.25) is 0 Å². The minimum absolute atomic E-state index is 0.485. The van der Waals surface area contributed by atoms with E-state index in [1.807, 2.05) is 6.92 Å². The zero-order valence-corrected chi connectivity index (χ0v) is 18.2. The van der Waals surface area contributed by atoms with E-state index in [9.17, 15) is 8.78 Å². The molecule has 3 rings (SSSR count). The van der Waals surface area contributed by atoms with Gasteiger partial charge in [0.1, 0.15) is 0 Å². The van der Waals surface area contributed by atoms with E-state index in [2.05, 4.69) is 18.7 Å². The fourth-order valence-electron chi connectivity index (χ4n) is 5.33. The zero-order chi connectivity index (χ0) is 20.6. The van der Waals surface area contributed by atoms with E-state index >= 15 is 0 Å². The van der Waals surface area contributed by atoms with E-state index in [4.69, 9.17) is 0 Å². The quantitative estimate of drug-likeness (QED) is 0.364. The molecule has 1 saturated carbocycles. The van der Waals surface area contributed by atoms with Crippen molar-refractivity contribution in [1.29, 1.82) is 0 Å². The van der Waals surface area contributed by atoms with Gasteiger partial charge in [-0.15, -0.1) is 6.58 Å². The van der Waals surface area contributed by atoms with Crippen molar-refractivity contribution < 1.29 is 8.78 Å². The summed E-state index contributed by atoms with van der Waals surface area (Å²) in [5, 5.41) is 0. The molecule has 0 aliphatic heterocycles. The van der Waals surface area contributed by atoms with E-state index in [-0.39, 0.29) is 0 Å². The Morgan fingerprint density at radius 2 is 1.62 bits per heavy atom. The van der Waals surface area contributed by atoms with E-state index in [1.165, 1.54) is 44.9 Å². The summed E-state index contributed by atoms with van der Waals surface area (Å²) >= 11 is 0. The minimum atomic E-state index is -0.645. The fraction of sp³-hybridized carbons (Fsp3) is 0.630. The highest BCUT2D eigenvalue weighted by molar-refractivity contribution is 5.67. The lowest BCUT2D eigenvalue weighted by Gasteiger charge is -2.30. The summed E-state index contributed by atoms with van der Waals surface area (Å²) in [6.45, 7) is 5.83. The predicted molar refractivity (Wildman–Crippen MR) is 120 cm³/mol. The van der Waals surface area contributed by atoms with E-state index in [1.54, 1.807) is 12.1 Å². The van der Waals surface area contributed by atoms with Gasteiger partial charge in [0, 0.05) is 5.56 Å². The molecule has 0 spiro atoms. The first-order valence-electron chi connectivity index (χ1n) is 11.9. The van der Waals surface area contributed by atoms with Gasteiger partial charge in [-0.3, -0.25) is 0 Å². The average molecular weight is 401 g/mol. The Kier molecular flexibility index (Phi) is 8.51.